The Labute approximate surface area is 177 Å². The second-order valence-corrected chi connectivity index (χ2v) is 6.92. The van der Waals surface area contributed by atoms with E-state index in [1.165, 1.54) is 32.2 Å². The zero-order valence-corrected chi connectivity index (χ0v) is 17.5. The lowest BCUT2D eigenvalue weighted by Crippen LogP contribution is -2.17. The van der Waals surface area contributed by atoms with E-state index in [1.807, 2.05) is 0 Å². The van der Waals surface area contributed by atoms with Crippen molar-refractivity contribution in [1.29, 1.82) is 0 Å². The summed E-state index contributed by atoms with van der Waals surface area (Å²) >= 11 is 0. The number of hydrazone groups is 1. The largest absolute Gasteiger partial charge is 0.504 e. The molecule has 3 N–H and O–H groups in total. The van der Waals surface area contributed by atoms with E-state index < -0.39 is 0 Å². The highest BCUT2D eigenvalue weighted by atomic mass is 16.5. The van der Waals surface area contributed by atoms with Crippen LogP contribution in [0.1, 0.15) is 61.4 Å². The van der Waals surface area contributed by atoms with Gasteiger partial charge in [-0.3, -0.25) is 9.59 Å². The number of carbonyl (C=O) groups excluding carboxylic acids is 2. The van der Waals surface area contributed by atoms with Gasteiger partial charge < -0.3 is 15.2 Å². The molecule has 0 radical (unpaired) electrons. The van der Waals surface area contributed by atoms with E-state index in [1.54, 1.807) is 36.4 Å². The second-order valence-electron chi connectivity index (χ2n) is 6.92. The molecular formula is C23H29N3O4. The first-order valence-corrected chi connectivity index (χ1v) is 10.1. The number of phenolic OH excluding ortho intramolecular Hbond substituents is 1. The fourth-order valence-electron chi connectivity index (χ4n) is 2.82. The number of methoxy groups -OCH3 is 1. The van der Waals surface area contributed by atoms with Gasteiger partial charge in [0.1, 0.15) is 0 Å². The zero-order chi connectivity index (χ0) is 21.8. The summed E-state index contributed by atoms with van der Waals surface area (Å²) in [7, 11) is 1.46. The van der Waals surface area contributed by atoms with Gasteiger partial charge in [0.2, 0.25) is 5.91 Å². The van der Waals surface area contributed by atoms with Crippen molar-refractivity contribution in [2.75, 3.05) is 12.4 Å². The smallest absolute Gasteiger partial charge is 0.271 e. The number of aromatic hydroxyl groups is 1. The van der Waals surface area contributed by atoms with Crippen LogP contribution in [0.5, 0.6) is 11.5 Å². The van der Waals surface area contributed by atoms with Gasteiger partial charge in [0.25, 0.3) is 5.91 Å². The Bertz CT molecular complexity index is 863. The number of nitrogens with zero attached hydrogens (tertiary/aromatic N) is 1. The molecule has 0 aromatic heterocycles. The predicted octanol–water partition coefficient (Wildman–Crippen LogP) is 4.46. The van der Waals surface area contributed by atoms with E-state index in [0.29, 0.717) is 29.0 Å². The maximum atomic E-state index is 12.2. The highest BCUT2D eigenvalue weighted by Crippen LogP contribution is 2.25. The number of anilines is 1. The van der Waals surface area contributed by atoms with E-state index in [9.17, 15) is 14.7 Å². The molecule has 7 nitrogen and oxygen atoms in total. The third-order valence-corrected chi connectivity index (χ3v) is 4.52. The molecular weight excluding hydrogens is 382 g/mol. The monoisotopic (exact) mass is 411 g/mol. The van der Waals surface area contributed by atoms with Crippen molar-refractivity contribution in [3.8, 4) is 11.5 Å². The molecule has 2 amide bonds. The Morgan fingerprint density at radius 3 is 2.50 bits per heavy atom. The first kappa shape index (κ1) is 22.9. The molecule has 0 heterocycles. The Hall–Kier alpha value is -3.35. The molecule has 7 heteroatoms. The van der Waals surface area contributed by atoms with Crippen LogP contribution < -0.4 is 15.5 Å². The normalized spacial score (nSPS) is 10.7. The molecule has 30 heavy (non-hydrogen) atoms. The van der Waals surface area contributed by atoms with Crippen LogP contribution in [0.25, 0.3) is 0 Å². The number of amides is 2. The fourth-order valence-corrected chi connectivity index (χ4v) is 2.82. The van der Waals surface area contributed by atoms with Crippen molar-refractivity contribution in [2.45, 2.75) is 45.4 Å². The van der Waals surface area contributed by atoms with Crippen LogP contribution in [-0.2, 0) is 4.79 Å². The molecule has 0 saturated carbocycles. The number of hydrogen-bond acceptors (Lipinski definition) is 5. The third kappa shape index (κ3) is 7.58. The molecule has 0 aliphatic carbocycles. The number of benzene rings is 2. The summed E-state index contributed by atoms with van der Waals surface area (Å²) in [4.78, 5) is 24.2. The van der Waals surface area contributed by atoms with Gasteiger partial charge in [-0.15, -0.1) is 0 Å². The summed E-state index contributed by atoms with van der Waals surface area (Å²) < 4.78 is 5.03. The first-order valence-electron chi connectivity index (χ1n) is 10.1. The number of ether oxygens (including phenoxy) is 1. The highest BCUT2D eigenvalue weighted by Gasteiger charge is 2.06. The highest BCUT2D eigenvalue weighted by molar-refractivity contribution is 5.96. The van der Waals surface area contributed by atoms with Gasteiger partial charge in [-0.05, 0) is 54.4 Å². The predicted molar refractivity (Wildman–Crippen MR) is 118 cm³/mol. The van der Waals surface area contributed by atoms with Gasteiger partial charge in [0.15, 0.2) is 11.5 Å². The molecule has 0 aliphatic heterocycles. The molecule has 0 fully saturated rings. The van der Waals surface area contributed by atoms with Crippen molar-refractivity contribution >= 4 is 23.7 Å². The van der Waals surface area contributed by atoms with Crippen molar-refractivity contribution in [1.82, 2.24) is 5.43 Å². The SMILES string of the molecule is CCCCCCCC(=O)Nc1ccc(C(=O)N/N=C\c2ccc(O)c(OC)c2)cc1. The van der Waals surface area contributed by atoms with E-state index in [4.69, 9.17) is 4.74 Å². The second kappa shape index (κ2) is 12.3. The minimum Gasteiger partial charge on any atom is -0.504 e. The van der Waals surface area contributed by atoms with E-state index >= 15 is 0 Å². The molecule has 0 saturated heterocycles. The van der Waals surface area contributed by atoms with Gasteiger partial charge >= 0.3 is 0 Å². The molecule has 0 unspecified atom stereocenters. The van der Waals surface area contributed by atoms with Crippen molar-refractivity contribution in [2.24, 2.45) is 5.10 Å². The molecule has 0 atom stereocenters. The van der Waals surface area contributed by atoms with Crippen LogP contribution in [0.15, 0.2) is 47.6 Å². The topological polar surface area (TPSA) is 100 Å². The van der Waals surface area contributed by atoms with Crippen LogP contribution in [0.4, 0.5) is 5.69 Å². The third-order valence-electron chi connectivity index (χ3n) is 4.52. The van der Waals surface area contributed by atoms with Gasteiger partial charge in [-0.25, -0.2) is 5.43 Å². The standard InChI is InChI=1S/C23H29N3O4/c1-3-4-5-6-7-8-22(28)25-19-12-10-18(11-13-19)23(29)26-24-16-17-9-14-20(27)21(15-17)30-2/h9-16,27H,3-8H2,1-2H3,(H,25,28)(H,26,29)/b24-16-. The first-order chi connectivity index (χ1) is 14.5. The lowest BCUT2D eigenvalue weighted by atomic mass is 10.1. The van der Waals surface area contributed by atoms with Gasteiger partial charge in [0, 0.05) is 17.7 Å². The summed E-state index contributed by atoms with van der Waals surface area (Å²) in [6, 6.07) is 11.4. The van der Waals surface area contributed by atoms with Gasteiger partial charge in [0.05, 0.1) is 13.3 Å². The number of hydrogen-bond donors (Lipinski definition) is 3. The molecule has 2 aromatic rings. The summed E-state index contributed by atoms with van der Waals surface area (Å²) in [5, 5.41) is 16.3. The average molecular weight is 412 g/mol. The minimum absolute atomic E-state index is 0.0161. The maximum Gasteiger partial charge on any atom is 0.271 e. The summed E-state index contributed by atoms with van der Waals surface area (Å²) in [5.74, 6) is -0.0327. The lowest BCUT2D eigenvalue weighted by molar-refractivity contribution is -0.116. The number of phenols is 1. The Balaban J connectivity index is 1.81. The quantitative estimate of drug-likeness (QED) is 0.289. The summed E-state index contributed by atoms with van der Waals surface area (Å²) in [6.07, 6.45) is 7.46. The van der Waals surface area contributed by atoms with E-state index in [2.05, 4.69) is 22.8 Å². The molecule has 0 spiro atoms. The van der Waals surface area contributed by atoms with Gasteiger partial charge in [-0.1, -0.05) is 32.6 Å². The van der Waals surface area contributed by atoms with Crippen molar-refractivity contribution in [3.05, 3.63) is 53.6 Å². The fraction of sp³-hybridized carbons (Fsp3) is 0.348. The number of rotatable bonds is 11. The van der Waals surface area contributed by atoms with Crippen LogP contribution >= 0.6 is 0 Å². The Morgan fingerprint density at radius 2 is 1.80 bits per heavy atom. The van der Waals surface area contributed by atoms with Crippen LogP contribution in [0.3, 0.4) is 0 Å². The number of nitrogens with one attached hydrogen (secondary N) is 2. The van der Waals surface area contributed by atoms with E-state index in [-0.39, 0.29) is 17.6 Å². The van der Waals surface area contributed by atoms with Crippen LogP contribution in [0, 0.1) is 0 Å². The Morgan fingerprint density at radius 1 is 1.07 bits per heavy atom. The summed E-state index contributed by atoms with van der Waals surface area (Å²) in [5.41, 5.74) is 4.19. The van der Waals surface area contributed by atoms with Crippen molar-refractivity contribution < 1.29 is 19.4 Å². The average Bonchev–Trinajstić information content (AvgIpc) is 2.75. The minimum atomic E-state index is -0.370. The van der Waals surface area contributed by atoms with Crippen LogP contribution in [0.2, 0.25) is 0 Å². The molecule has 0 aliphatic rings. The molecule has 160 valence electrons. The molecule has 2 aromatic carbocycles. The molecule has 2 rings (SSSR count). The lowest BCUT2D eigenvalue weighted by Gasteiger charge is -2.06. The van der Waals surface area contributed by atoms with Crippen LogP contribution in [-0.4, -0.2) is 30.2 Å². The van der Waals surface area contributed by atoms with Crippen molar-refractivity contribution in [3.63, 3.8) is 0 Å². The summed E-state index contributed by atoms with van der Waals surface area (Å²) in [6.45, 7) is 2.16. The van der Waals surface area contributed by atoms with E-state index in [0.717, 1.165) is 19.3 Å². The van der Waals surface area contributed by atoms with Gasteiger partial charge in [-0.2, -0.15) is 5.10 Å². The molecule has 0 bridgehead atoms. The zero-order valence-electron chi connectivity index (χ0n) is 17.5. The number of carbonyl (C=O) groups is 2. The maximum absolute atomic E-state index is 12.2. The Kier molecular flexibility index (Phi) is 9.37. The number of unbranched alkanes of at least 4 members (excludes halogenated alkanes) is 4.